The predicted octanol–water partition coefficient (Wildman–Crippen LogP) is 3.63. The minimum Gasteiger partial charge on any atom is -0.480 e. The van der Waals surface area contributed by atoms with E-state index in [1.54, 1.807) is 24.3 Å². The van der Waals surface area contributed by atoms with Crippen molar-refractivity contribution in [3.05, 3.63) is 65.7 Å². The van der Waals surface area contributed by atoms with Gasteiger partial charge in [-0.2, -0.15) is 0 Å². The molecule has 1 fully saturated rings. The molecule has 0 spiro atoms. The van der Waals surface area contributed by atoms with E-state index >= 15 is 0 Å². The zero-order chi connectivity index (χ0) is 20.6. The van der Waals surface area contributed by atoms with Gasteiger partial charge >= 0.3 is 5.97 Å². The summed E-state index contributed by atoms with van der Waals surface area (Å²) in [7, 11) is 0. The van der Waals surface area contributed by atoms with Crippen LogP contribution in [0.15, 0.2) is 54.6 Å². The van der Waals surface area contributed by atoms with Crippen molar-refractivity contribution in [2.75, 3.05) is 5.32 Å². The normalized spacial score (nSPS) is 15.3. The number of benzene rings is 2. The number of nitrogens with one attached hydrogen (secondary N) is 2. The van der Waals surface area contributed by atoms with Gasteiger partial charge in [0.25, 0.3) is 5.91 Å². The zero-order valence-corrected chi connectivity index (χ0v) is 16.3. The number of carboxylic acids is 1. The highest BCUT2D eigenvalue weighted by Gasteiger charge is 2.23. The van der Waals surface area contributed by atoms with Gasteiger partial charge in [0, 0.05) is 23.6 Å². The topological polar surface area (TPSA) is 95.5 Å². The summed E-state index contributed by atoms with van der Waals surface area (Å²) in [6.07, 6.45) is 5.29. The third-order valence-corrected chi connectivity index (χ3v) is 5.25. The van der Waals surface area contributed by atoms with Crippen molar-refractivity contribution in [3.63, 3.8) is 0 Å². The Morgan fingerprint density at radius 1 is 0.966 bits per heavy atom. The smallest absolute Gasteiger partial charge is 0.326 e. The van der Waals surface area contributed by atoms with E-state index in [2.05, 4.69) is 10.6 Å². The first-order chi connectivity index (χ1) is 14.0. The minimum absolute atomic E-state index is 0.0171. The fourth-order valence-electron chi connectivity index (χ4n) is 3.64. The van der Waals surface area contributed by atoms with E-state index in [1.165, 1.54) is 6.42 Å². The van der Waals surface area contributed by atoms with Crippen LogP contribution in [0.5, 0.6) is 0 Å². The molecule has 0 aromatic heterocycles. The fourth-order valence-corrected chi connectivity index (χ4v) is 3.64. The molecule has 1 unspecified atom stereocenters. The molecule has 3 rings (SSSR count). The van der Waals surface area contributed by atoms with Gasteiger partial charge in [-0.15, -0.1) is 0 Å². The van der Waals surface area contributed by atoms with Gasteiger partial charge in [-0.05, 0) is 36.6 Å². The Labute approximate surface area is 170 Å². The summed E-state index contributed by atoms with van der Waals surface area (Å²) in [6, 6.07) is 14.7. The Bertz CT molecular complexity index is 860. The molecular weight excluding hydrogens is 368 g/mol. The first-order valence-corrected chi connectivity index (χ1v) is 10.0. The predicted molar refractivity (Wildman–Crippen MR) is 111 cm³/mol. The molecule has 1 atom stereocenters. The fraction of sp³-hybridized carbons (Fsp3) is 0.348. The number of carbonyl (C=O) groups excluding carboxylic acids is 2. The molecule has 1 aliphatic carbocycles. The standard InChI is InChI=1S/C23H26N2O4/c26-21(17-10-5-2-6-11-17)24-19-13-7-12-18(15-19)22(27)25-20(23(28)29)14-16-8-3-1-4-9-16/h1,3-4,7-9,12-13,15,17,20H,2,5-6,10-11,14H2,(H,24,26)(H,25,27)(H,28,29). The summed E-state index contributed by atoms with van der Waals surface area (Å²) in [5, 5.41) is 14.9. The Kier molecular flexibility index (Phi) is 7.00. The molecule has 0 aliphatic heterocycles. The van der Waals surface area contributed by atoms with E-state index in [9.17, 15) is 19.5 Å². The maximum atomic E-state index is 12.6. The number of rotatable bonds is 7. The van der Waals surface area contributed by atoms with E-state index in [1.807, 2.05) is 30.3 Å². The molecule has 1 saturated carbocycles. The van der Waals surface area contributed by atoms with Gasteiger partial charge in [0.15, 0.2) is 0 Å². The van der Waals surface area contributed by atoms with Gasteiger partial charge in [-0.25, -0.2) is 4.79 Å². The summed E-state index contributed by atoms with van der Waals surface area (Å²) in [5.74, 6) is -1.58. The lowest BCUT2D eigenvalue weighted by Gasteiger charge is -2.21. The number of amides is 2. The molecule has 2 aromatic carbocycles. The second-order valence-electron chi connectivity index (χ2n) is 7.46. The lowest BCUT2D eigenvalue weighted by molar-refractivity contribution is -0.139. The maximum Gasteiger partial charge on any atom is 0.326 e. The van der Waals surface area contributed by atoms with E-state index < -0.39 is 17.9 Å². The summed E-state index contributed by atoms with van der Waals surface area (Å²) in [5.41, 5.74) is 1.68. The van der Waals surface area contributed by atoms with Gasteiger partial charge in [0.2, 0.25) is 5.91 Å². The minimum atomic E-state index is -1.09. The molecule has 0 heterocycles. The van der Waals surface area contributed by atoms with Crippen LogP contribution < -0.4 is 10.6 Å². The monoisotopic (exact) mass is 394 g/mol. The van der Waals surface area contributed by atoms with E-state index in [4.69, 9.17) is 0 Å². The molecule has 6 nitrogen and oxygen atoms in total. The van der Waals surface area contributed by atoms with Gasteiger partial charge in [0.05, 0.1) is 0 Å². The van der Waals surface area contributed by atoms with E-state index in [0.29, 0.717) is 11.3 Å². The van der Waals surface area contributed by atoms with Crippen molar-refractivity contribution in [3.8, 4) is 0 Å². The molecule has 6 heteroatoms. The molecule has 29 heavy (non-hydrogen) atoms. The zero-order valence-electron chi connectivity index (χ0n) is 16.3. The third-order valence-electron chi connectivity index (χ3n) is 5.25. The number of carbonyl (C=O) groups is 3. The van der Waals surface area contributed by atoms with Crippen molar-refractivity contribution in [1.29, 1.82) is 0 Å². The van der Waals surface area contributed by atoms with Crippen LogP contribution in [0.3, 0.4) is 0 Å². The van der Waals surface area contributed by atoms with Crippen molar-refractivity contribution < 1.29 is 19.5 Å². The Hall–Kier alpha value is -3.15. The van der Waals surface area contributed by atoms with Crippen LogP contribution in [0.25, 0.3) is 0 Å². The quantitative estimate of drug-likeness (QED) is 0.668. The summed E-state index contributed by atoms with van der Waals surface area (Å²) < 4.78 is 0. The van der Waals surface area contributed by atoms with Crippen LogP contribution in [0.2, 0.25) is 0 Å². The second-order valence-corrected chi connectivity index (χ2v) is 7.46. The van der Waals surface area contributed by atoms with Crippen molar-refractivity contribution in [1.82, 2.24) is 5.32 Å². The molecule has 0 saturated heterocycles. The highest BCUT2D eigenvalue weighted by Crippen LogP contribution is 2.25. The van der Waals surface area contributed by atoms with Gasteiger partial charge in [0.1, 0.15) is 6.04 Å². The molecule has 2 amide bonds. The van der Waals surface area contributed by atoms with Crippen molar-refractivity contribution >= 4 is 23.5 Å². The van der Waals surface area contributed by atoms with E-state index in [-0.39, 0.29) is 18.2 Å². The summed E-state index contributed by atoms with van der Waals surface area (Å²) in [4.78, 5) is 36.6. The molecule has 3 N–H and O–H groups in total. The van der Waals surface area contributed by atoms with Crippen molar-refractivity contribution in [2.24, 2.45) is 5.92 Å². The average molecular weight is 394 g/mol. The highest BCUT2D eigenvalue weighted by atomic mass is 16.4. The van der Waals surface area contributed by atoms with E-state index in [0.717, 1.165) is 31.2 Å². The Morgan fingerprint density at radius 3 is 2.38 bits per heavy atom. The molecule has 2 aromatic rings. The number of aliphatic carboxylic acids is 1. The van der Waals surface area contributed by atoms with Crippen LogP contribution in [0.4, 0.5) is 5.69 Å². The van der Waals surface area contributed by atoms with Crippen LogP contribution in [-0.4, -0.2) is 28.9 Å². The van der Waals surface area contributed by atoms with Gasteiger partial charge in [-0.3, -0.25) is 9.59 Å². The highest BCUT2D eigenvalue weighted by molar-refractivity contribution is 5.99. The van der Waals surface area contributed by atoms with Crippen molar-refractivity contribution in [2.45, 2.75) is 44.6 Å². The van der Waals surface area contributed by atoms with Crippen LogP contribution >= 0.6 is 0 Å². The summed E-state index contributed by atoms with van der Waals surface area (Å²) >= 11 is 0. The van der Waals surface area contributed by atoms with Gasteiger partial charge < -0.3 is 15.7 Å². The van der Waals surface area contributed by atoms with Crippen LogP contribution in [-0.2, 0) is 16.0 Å². The number of hydrogen-bond donors (Lipinski definition) is 3. The summed E-state index contributed by atoms with van der Waals surface area (Å²) in [6.45, 7) is 0. The molecular formula is C23H26N2O4. The lowest BCUT2D eigenvalue weighted by atomic mass is 9.88. The van der Waals surface area contributed by atoms with Crippen LogP contribution in [0, 0.1) is 5.92 Å². The molecule has 0 bridgehead atoms. The Morgan fingerprint density at radius 2 is 1.69 bits per heavy atom. The van der Waals surface area contributed by atoms with Gasteiger partial charge in [-0.1, -0.05) is 55.7 Å². The second kappa shape index (κ2) is 9.87. The third kappa shape index (κ3) is 5.91. The Balaban J connectivity index is 1.64. The SMILES string of the molecule is O=C(NC(Cc1ccccc1)C(=O)O)c1cccc(NC(=O)C2CCCCC2)c1. The average Bonchev–Trinajstić information content (AvgIpc) is 2.74. The van der Waals surface area contributed by atoms with Crippen LogP contribution in [0.1, 0.15) is 48.0 Å². The maximum absolute atomic E-state index is 12.6. The first-order valence-electron chi connectivity index (χ1n) is 10.0. The number of carboxylic acid groups (broad SMARTS) is 1. The largest absolute Gasteiger partial charge is 0.480 e. The number of anilines is 1. The number of hydrogen-bond acceptors (Lipinski definition) is 3. The molecule has 0 radical (unpaired) electrons. The lowest BCUT2D eigenvalue weighted by Crippen LogP contribution is -2.42. The first kappa shape index (κ1) is 20.6. The molecule has 1 aliphatic rings. The molecule has 152 valence electrons.